The summed E-state index contributed by atoms with van der Waals surface area (Å²) in [6.45, 7) is 2.31. The van der Waals surface area contributed by atoms with Crippen molar-refractivity contribution in [3.05, 3.63) is 86.8 Å². The van der Waals surface area contributed by atoms with Gasteiger partial charge in [-0.05, 0) is 60.7 Å². The molecule has 3 aromatic carbocycles. The molecule has 198 valence electrons. The Kier molecular flexibility index (Phi) is 7.57. The molecule has 39 heavy (non-hydrogen) atoms. The number of nitrogens with zero attached hydrogens (tertiary/aromatic N) is 2. The molecule has 1 saturated heterocycles. The van der Waals surface area contributed by atoms with Gasteiger partial charge in [-0.1, -0.05) is 35.5 Å². The minimum Gasteiger partial charge on any atom is -0.486 e. The molecule has 0 aliphatic carbocycles. The lowest BCUT2D eigenvalue weighted by atomic mass is 10.2. The van der Waals surface area contributed by atoms with Gasteiger partial charge in [-0.25, -0.2) is 0 Å². The SMILES string of the molecule is Cc1ccc(Sc2ccc(/C=C3\SC(=O)N(CC(=O)Nc4ccc5c(c4)OCCO5)C3=O)cc2[N+](=O)[O-])cc1. The number of nitrogens with one attached hydrogen (secondary N) is 1. The molecule has 2 aliphatic heterocycles. The minimum absolute atomic E-state index is 0.0698. The van der Waals surface area contributed by atoms with Crippen LogP contribution in [0.5, 0.6) is 11.5 Å². The zero-order valence-electron chi connectivity index (χ0n) is 20.5. The molecule has 0 aromatic heterocycles. The van der Waals surface area contributed by atoms with Crippen molar-refractivity contribution >= 4 is 58.0 Å². The van der Waals surface area contributed by atoms with Gasteiger partial charge >= 0.3 is 0 Å². The van der Waals surface area contributed by atoms with Crippen LogP contribution in [0.25, 0.3) is 6.08 Å². The first kappa shape index (κ1) is 26.3. The number of hydrogen-bond donors (Lipinski definition) is 1. The number of nitro groups is 1. The van der Waals surface area contributed by atoms with Crippen molar-refractivity contribution in [3.63, 3.8) is 0 Å². The highest BCUT2D eigenvalue weighted by atomic mass is 32.2. The molecule has 1 fully saturated rings. The number of thioether (sulfide) groups is 1. The van der Waals surface area contributed by atoms with Crippen molar-refractivity contribution in [1.82, 2.24) is 4.90 Å². The monoisotopic (exact) mass is 563 g/mol. The number of benzene rings is 3. The third-order valence-electron chi connectivity index (χ3n) is 5.73. The second kappa shape index (κ2) is 11.2. The average molecular weight is 564 g/mol. The topological polar surface area (TPSA) is 128 Å². The largest absolute Gasteiger partial charge is 0.486 e. The fourth-order valence-corrected chi connectivity index (χ4v) is 5.58. The average Bonchev–Trinajstić information content (AvgIpc) is 3.17. The number of nitro benzene ring substituents is 1. The van der Waals surface area contributed by atoms with E-state index in [-0.39, 0.29) is 10.6 Å². The van der Waals surface area contributed by atoms with Gasteiger partial charge in [-0.3, -0.25) is 29.4 Å². The van der Waals surface area contributed by atoms with E-state index in [0.717, 1.165) is 15.4 Å². The Balaban J connectivity index is 1.28. The number of aryl methyl sites for hydroxylation is 1. The fourth-order valence-electron chi connectivity index (χ4n) is 3.84. The number of fused-ring (bicyclic) bond motifs is 1. The summed E-state index contributed by atoms with van der Waals surface area (Å²) in [5, 5.41) is 13.8. The van der Waals surface area contributed by atoms with Gasteiger partial charge in [-0.15, -0.1) is 0 Å². The number of carbonyl (C=O) groups is 3. The lowest BCUT2D eigenvalue weighted by Gasteiger charge is -2.19. The van der Waals surface area contributed by atoms with Crippen LogP contribution >= 0.6 is 23.5 Å². The maximum atomic E-state index is 12.9. The molecule has 12 heteroatoms. The van der Waals surface area contributed by atoms with E-state index in [1.54, 1.807) is 30.3 Å². The van der Waals surface area contributed by atoms with Gasteiger partial charge in [0.2, 0.25) is 5.91 Å². The normalized spacial score (nSPS) is 15.5. The zero-order chi connectivity index (χ0) is 27.5. The second-order valence-corrected chi connectivity index (χ2v) is 10.7. The molecule has 0 unspecified atom stereocenters. The van der Waals surface area contributed by atoms with Crippen LogP contribution in [0, 0.1) is 17.0 Å². The standard InChI is InChI=1S/C27H21N3O7S2/c1-16-2-6-19(7-3-16)38-23-9-4-17(12-20(23)30(34)35)13-24-26(32)29(27(33)39-24)15-25(31)28-18-5-8-21-22(14-18)37-11-10-36-21/h2-9,12-14H,10-11,15H2,1H3,(H,28,31)/b24-13-. The predicted molar refractivity (Wildman–Crippen MR) is 147 cm³/mol. The molecule has 0 bridgehead atoms. The van der Waals surface area contributed by atoms with E-state index in [1.807, 2.05) is 31.2 Å². The van der Waals surface area contributed by atoms with Gasteiger partial charge < -0.3 is 14.8 Å². The molecule has 1 N–H and O–H groups in total. The Morgan fingerprint density at radius 3 is 2.56 bits per heavy atom. The molecule has 10 nitrogen and oxygen atoms in total. The van der Waals surface area contributed by atoms with E-state index in [1.165, 1.54) is 23.9 Å². The van der Waals surface area contributed by atoms with Crippen molar-refractivity contribution in [2.45, 2.75) is 16.7 Å². The van der Waals surface area contributed by atoms with Gasteiger partial charge in [0, 0.05) is 22.7 Å². The number of carbonyl (C=O) groups excluding carboxylic acids is 3. The Hall–Kier alpha value is -4.29. The van der Waals surface area contributed by atoms with Crippen LogP contribution in [-0.2, 0) is 9.59 Å². The van der Waals surface area contributed by atoms with Gasteiger partial charge in [0.25, 0.3) is 16.8 Å². The second-order valence-electron chi connectivity index (χ2n) is 8.57. The van der Waals surface area contributed by atoms with Crippen molar-refractivity contribution < 1.29 is 28.8 Å². The van der Waals surface area contributed by atoms with Gasteiger partial charge in [-0.2, -0.15) is 0 Å². The minimum atomic E-state index is -0.650. The molecule has 0 atom stereocenters. The van der Waals surface area contributed by atoms with Gasteiger partial charge in [0.05, 0.1) is 14.7 Å². The summed E-state index contributed by atoms with van der Waals surface area (Å²) in [6.07, 6.45) is 1.41. The van der Waals surface area contributed by atoms with E-state index in [4.69, 9.17) is 9.47 Å². The summed E-state index contributed by atoms with van der Waals surface area (Å²) in [5.41, 5.74) is 1.79. The zero-order valence-corrected chi connectivity index (χ0v) is 22.2. The van der Waals surface area contributed by atoms with Gasteiger partial charge in [0.15, 0.2) is 11.5 Å². The molecule has 0 radical (unpaired) electrons. The molecular weight excluding hydrogens is 542 g/mol. The number of imide groups is 1. The molecular formula is C27H21N3O7S2. The Morgan fingerprint density at radius 1 is 1.08 bits per heavy atom. The molecule has 0 saturated carbocycles. The summed E-state index contributed by atoms with van der Waals surface area (Å²) in [7, 11) is 0. The van der Waals surface area contributed by atoms with Crippen molar-refractivity contribution in [2.75, 3.05) is 25.1 Å². The summed E-state index contributed by atoms with van der Waals surface area (Å²) >= 11 is 1.94. The van der Waals surface area contributed by atoms with Crippen LogP contribution in [0.2, 0.25) is 0 Å². The van der Waals surface area contributed by atoms with Gasteiger partial charge in [0.1, 0.15) is 19.8 Å². The summed E-state index contributed by atoms with van der Waals surface area (Å²) in [4.78, 5) is 51.5. The molecule has 5 rings (SSSR count). The Bertz CT molecular complexity index is 1520. The smallest absolute Gasteiger partial charge is 0.294 e. The maximum absolute atomic E-state index is 12.9. The highest BCUT2D eigenvalue weighted by Crippen LogP contribution is 2.38. The van der Waals surface area contributed by atoms with Crippen LogP contribution < -0.4 is 14.8 Å². The predicted octanol–water partition coefficient (Wildman–Crippen LogP) is 5.50. The first-order valence-corrected chi connectivity index (χ1v) is 13.4. The number of rotatable bonds is 7. The summed E-state index contributed by atoms with van der Waals surface area (Å²) in [6, 6.07) is 17.1. The number of ether oxygens (including phenoxy) is 2. The quantitative estimate of drug-likeness (QED) is 0.225. The number of hydrogen-bond acceptors (Lipinski definition) is 9. The number of amides is 3. The highest BCUT2D eigenvalue weighted by molar-refractivity contribution is 8.18. The summed E-state index contributed by atoms with van der Waals surface area (Å²) in [5.74, 6) is -0.158. The molecule has 0 spiro atoms. The van der Waals surface area contributed by atoms with Crippen LogP contribution in [0.15, 0.2) is 75.4 Å². The first-order chi connectivity index (χ1) is 18.8. The van der Waals surface area contributed by atoms with E-state index < -0.39 is 28.5 Å². The van der Waals surface area contributed by atoms with Crippen LogP contribution in [0.1, 0.15) is 11.1 Å². The van der Waals surface area contributed by atoms with Crippen molar-refractivity contribution in [3.8, 4) is 11.5 Å². The molecule has 3 aromatic rings. The van der Waals surface area contributed by atoms with E-state index >= 15 is 0 Å². The fraction of sp³-hybridized carbons (Fsp3) is 0.148. The summed E-state index contributed by atoms with van der Waals surface area (Å²) < 4.78 is 11.0. The van der Waals surface area contributed by atoms with Crippen LogP contribution in [0.3, 0.4) is 0 Å². The van der Waals surface area contributed by atoms with Crippen LogP contribution in [0.4, 0.5) is 16.2 Å². The molecule has 2 heterocycles. The van der Waals surface area contributed by atoms with E-state index in [0.29, 0.717) is 52.6 Å². The third kappa shape index (κ3) is 6.07. The number of anilines is 1. The van der Waals surface area contributed by atoms with E-state index in [9.17, 15) is 24.5 Å². The lowest BCUT2D eigenvalue weighted by Crippen LogP contribution is -2.36. The first-order valence-electron chi connectivity index (χ1n) is 11.7. The molecule has 3 amide bonds. The maximum Gasteiger partial charge on any atom is 0.294 e. The van der Waals surface area contributed by atoms with Crippen molar-refractivity contribution in [2.24, 2.45) is 0 Å². The lowest BCUT2D eigenvalue weighted by molar-refractivity contribution is -0.387. The van der Waals surface area contributed by atoms with Crippen LogP contribution in [-0.4, -0.2) is 46.6 Å². The molecule has 2 aliphatic rings. The Morgan fingerprint density at radius 2 is 1.82 bits per heavy atom. The Labute approximate surface area is 231 Å². The highest BCUT2D eigenvalue weighted by Gasteiger charge is 2.36. The van der Waals surface area contributed by atoms with Crippen molar-refractivity contribution in [1.29, 1.82) is 0 Å². The van der Waals surface area contributed by atoms with E-state index in [2.05, 4.69) is 5.32 Å². The third-order valence-corrected chi connectivity index (χ3v) is 7.71.